The number of ether oxygens (including phenoxy) is 2. The van der Waals surface area contributed by atoms with E-state index in [-0.39, 0.29) is 5.91 Å². The number of carbonyl (C=O) groups is 1. The van der Waals surface area contributed by atoms with Crippen LogP contribution in [0.3, 0.4) is 0 Å². The van der Waals surface area contributed by atoms with Gasteiger partial charge < -0.3 is 14.8 Å². The Morgan fingerprint density at radius 2 is 2.19 bits per heavy atom. The second kappa shape index (κ2) is 7.47. The molecule has 1 N–H and O–H groups in total. The highest BCUT2D eigenvalue weighted by Crippen LogP contribution is 2.31. The van der Waals surface area contributed by atoms with E-state index in [2.05, 4.69) is 12.2 Å². The SMILES string of the molecule is CCCCOc1ccc(/C=C2/SC(=S)NC2=O)cc1OC. The summed E-state index contributed by atoms with van der Waals surface area (Å²) in [5, 5.41) is 2.59. The molecule has 1 heterocycles. The van der Waals surface area contributed by atoms with E-state index in [0.29, 0.717) is 27.3 Å². The fraction of sp³-hybridized carbons (Fsp3) is 0.333. The van der Waals surface area contributed by atoms with Crippen LogP contribution in [0, 0.1) is 0 Å². The fourth-order valence-electron chi connectivity index (χ4n) is 1.79. The maximum absolute atomic E-state index is 11.6. The Bertz CT molecular complexity index is 584. The zero-order valence-electron chi connectivity index (χ0n) is 12.0. The summed E-state index contributed by atoms with van der Waals surface area (Å²) in [5.41, 5.74) is 0.872. The maximum atomic E-state index is 11.6. The molecule has 1 aromatic carbocycles. The van der Waals surface area contributed by atoms with Gasteiger partial charge in [0.2, 0.25) is 0 Å². The van der Waals surface area contributed by atoms with Gasteiger partial charge in [0.15, 0.2) is 11.5 Å². The molecule has 0 aromatic heterocycles. The molecule has 1 saturated heterocycles. The first-order valence-electron chi connectivity index (χ1n) is 6.69. The van der Waals surface area contributed by atoms with Gasteiger partial charge >= 0.3 is 0 Å². The van der Waals surface area contributed by atoms with E-state index in [0.717, 1.165) is 18.4 Å². The largest absolute Gasteiger partial charge is 0.493 e. The molecule has 1 aromatic rings. The summed E-state index contributed by atoms with van der Waals surface area (Å²) in [7, 11) is 1.60. The lowest BCUT2D eigenvalue weighted by molar-refractivity contribution is -0.115. The fourth-order valence-corrected chi connectivity index (χ4v) is 2.84. The molecule has 21 heavy (non-hydrogen) atoms. The molecule has 0 radical (unpaired) electrons. The summed E-state index contributed by atoms with van der Waals surface area (Å²) in [6.07, 6.45) is 3.87. The van der Waals surface area contributed by atoms with E-state index in [1.807, 2.05) is 18.2 Å². The number of unbranched alkanes of at least 4 members (excludes halogenated alkanes) is 1. The second-order valence-corrected chi connectivity index (χ2v) is 6.18. The van der Waals surface area contributed by atoms with Crippen molar-refractivity contribution in [3.63, 3.8) is 0 Å². The molecule has 0 atom stereocenters. The van der Waals surface area contributed by atoms with Crippen LogP contribution in [0.2, 0.25) is 0 Å². The topological polar surface area (TPSA) is 47.6 Å². The van der Waals surface area contributed by atoms with Crippen molar-refractivity contribution in [1.82, 2.24) is 5.32 Å². The van der Waals surface area contributed by atoms with Crippen molar-refractivity contribution in [2.45, 2.75) is 19.8 Å². The van der Waals surface area contributed by atoms with Crippen molar-refractivity contribution in [3.05, 3.63) is 28.7 Å². The molecule has 0 spiro atoms. The van der Waals surface area contributed by atoms with Crippen LogP contribution in [0.5, 0.6) is 11.5 Å². The molecule has 4 nitrogen and oxygen atoms in total. The highest BCUT2D eigenvalue weighted by molar-refractivity contribution is 8.26. The quantitative estimate of drug-likeness (QED) is 0.494. The number of methoxy groups -OCH3 is 1. The van der Waals surface area contributed by atoms with Crippen molar-refractivity contribution in [2.75, 3.05) is 13.7 Å². The minimum atomic E-state index is -0.160. The van der Waals surface area contributed by atoms with Gasteiger partial charge in [-0.3, -0.25) is 4.79 Å². The first kappa shape index (κ1) is 15.9. The Balaban J connectivity index is 2.17. The normalized spacial score (nSPS) is 16.2. The van der Waals surface area contributed by atoms with Crippen molar-refractivity contribution in [2.24, 2.45) is 0 Å². The van der Waals surface area contributed by atoms with E-state index in [1.54, 1.807) is 13.2 Å². The lowest BCUT2D eigenvalue weighted by Crippen LogP contribution is -2.17. The van der Waals surface area contributed by atoms with Gasteiger partial charge in [-0.05, 0) is 30.2 Å². The van der Waals surface area contributed by atoms with Crippen LogP contribution in [-0.2, 0) is 4.79 Å². The Morgan fingerprint density at radius 3 is 2.81 bits per heavy atom. The third kappa shape index (κ3) is 4.22. The summed E-state index contributed by atoms with van der Waals surface area (Å²) >= 11 is 6.23. The van der Waals surface area contributed by atoms with E-state index in [1.165, 1.54) is 11.8 Å². The Morgan fingerprint density at radius 1 is 1.38 bits per heavy atom. The van der Waals surface area contributed by atoms with Crippen LogP contribution < -0.4 is 14.8 Å². The van der Waals surface area contributed by atoms with Gasteiger partial charge in [0.25, 0.3) is 5.91 Å². The van der Waals surface area contributed by atoms with Crippen molar-refractivity contribution < 1.29 is 14.3 Å². The molecule has 6 heteroatoms. The van der Waals surface area contributed by atoms with E-state index in [9.17, 15) is 4.79 Å². The molecule has 0 bridgehead atoms. The smallest absolute Gasteiger partial charge is 0.263 e. The first-order chi connectivity index (χ1) is 10.1. The lowest BCUT2D eigenvalue weighted by Gasteiger charge is -2.11. The van der Waals surface area contributed by atoms with Gasteiger partial charge in [-0.25, -0.2) is 0 Å². The summed E-state index contributed by atoms with van der Waals surface area (Å²) < 4.78 is 11.5. The maximum Gasteiger partial charge on any atom is 0.263 e. The monoisotopic (exact) mass is 323 g/mol. The summed E-state index contributed by atoms with van der Waals surface area (Å²) in [6, 6.07) is 5.60. The van der Waals surface area contributed by atoms with Crippen LogP contribution in [-0.4, -0.2) is 23.9 Å². The van der Waals surface area contributed by atoms with Crippen molar-refractivity contribution >= 4 is 40.3 Å². The third-order valence-electron chi connectivity index (χ3n) is 2.88. The molecule has 1 fully saturated rings. The molecule has 2 rings (SSSR count). The molecule has 1 amide bonds. The number of rotatable bonds is 6. The van der Waals surface area contributed by atoms with Gasteiger partial charge in [-0.1, -0.05) is 43.4 Å². The minimum absolute atomic E-state index is 0.160. The number of carbonyl (C=O) groups excluding carboxylic acids is 1. The van der Waals surface area contributed by atoms with Gasteiger partial charge in [0.05, 0.1) is 18.6 Å². The van der Waals surface area contributed by atoms with E-state index in [4.69, 9.17) is 21.7 Å². The molecule has 1 aliphatic rings. The first-order valence-corrected chi connectivity index (χ1v) is 7.92. The molecular formula is C15H17NO3S2. The zero-order chi connectivity index (χ0) is 15.2. The average Bonchev–Trinajstić information content (AvgIpc) is 2.78. The van der Waals surface area contributed by atoms with Crippen LogP contribution in [0.15, 0.2) is 23.1 Å². The average molecular weight is 323 g/mol. The third-order valence-corrected chi connectivity index (χ3v) is 4.05. The zero-order valence-corrected chi connectivity index (χ0v) is 13.6. The predicted octanol–water partition coefficient (Wildman–Crippen LogP) is 3.36. The van der Waals surface area contributed by atoms with Gasteiger partial charge in [0.1, 0.15) is 4.32 Å². The minimum Gasteiger partial charge on any atom is -0.493 e. The van der Waals surface area contributed by atoms with Crippen LogP contribution in [0.1, 0.15) is 25.3 Å². The standard InChI is InChI=1S/C15H17NO3S2/c1-3-4-7-19-11-6-5-10(8-12(11)18-2)9-13-14(17)16-15(20)21-13/h5-6,8-9H,3-4,7H2,1-2H3,(H,16,17,20)/b13-9+. The number of thioether (sulfide) groups is 1. The number of hydrogen-bond acceptors (Lipinski definition) is 5. The highest BCUT2D eigenvalue weighted by Gasteiger charge is 2.22. The second-order valence-electron chi connectivity index (χ2n) is 4.46. The summed E-state index contributed by atoms with van der Waals surface area (Å²) in [5.74, 6) is 1.21. The van der Waals surface area contributed by atoms with Gasteiger partial charge in [0, 0.05) is 0 Å². The number of amides is 1. The highest BCUT2D eigenvalue weighted by atomic mass is 32.2. The Hall–Kier alpha value is -1.53. The van der Waals surface area contributed by atoms with E-state index >= 15 is 0 Å². The van der Waals surface area contributed by atoms with Crippen molar-refractivity contribution in [3.8, 4) is 11.5 Å². The molecule has 0 saturated carbocycles. The number of nitrogens with one attached hydrogen (secondary N) is 1. The molecular weight excluding hydrogens is 306 g/mol. The number of benzene rings is 1. The number of hydrogen-bond donors (Lipinski definition) is 1. The Labute approximate surface area is 133 Å². The number of thiocarbonyl (C=S) groups is 1. The van der Waals surface area contributed by atoms with Crippen LogP contribution >= 0.6 is 24.0 Å². The van der Waals surface area contributed by atoms with Crippen LogP contribution in [0.25, 0.3) is 6.08 Å². The molecule has 0 aliphatic carbocycles. The lowest BCUT2D eigenvalue weighted by atomic mass is 10.2. The van der Waals surface area contributed by atoms with Crippen LogP contribution in [0.4, 0.5) is 0 Å². The molecule has 112 valence electrons. The van der Waals surface area contributed by atoms with Crippen molar-refractivity contribution in [1.29, 1.82) is 0 Å². The molecule has 0 unspecified atom stereocenters. The van der Waals surface area contributed by atoms with Gasteiger partial charge in [-0.2, -0.15) is 0 Å². The summed E-state index contributed by atoms with van der Waals surface area (Å²) in [6.45, 7) is 2.78. The van der Waals surface area contributed by atoms with Gasteiger partial charge in [-0.15, -0.1) is 0 Å². The predicted molar refractivity (Wildman–Crippen MR) is 89.7 cm³/mol. The van der Waals surface area contributed by atoms with E-state index < -0.39 is 0 Å². The summed E-state index contributed by atoms with van der Waals surface area (Å²) in [4.78, 5) is 12.2. The Kier molecular flexibility index (Phi) is 5.64. The molecule has 1 aliphatic heterocycles.